The summed E-state index contributed by atoms with van der Waals surface area (Å²) in [4.78, 5) is 22.7. The van der Waals surface area contributed by atoms with Gasteiger partial charge in [-0.3, -0.25) is 9.69 Å². The van der Waals surface area contributed by atoms with E-state index >= 15 is 0 Å². The van der Waals surface area contributed by atoms with E-state index in [0.717, 1.165) is 57.8 Å². The molecular weight excluding hydrogens is 358 g/mol. The third-order valence-corrected chi connectivity index (χ3v) is 6.63. The van der Waals surface area contributed by atoms with Crippen LogP contribution in [-0.2, 0) is 4.79 Å². The molecular formula is C25H33N3O. The number of nitrogens with zero attached hydrogens (tertiary/aromatic N) is 3. The predicted octanol–water partition coefficient (Wildman–Crippen LogP) is 4.53. The number of carbonyl (C=O) groups is 1. The zero-order valence-corrected chi connectivity index (χ0v) is 17.4. The van der Waals surface area contributed by atoms with Crippen LogP contribution in [-0.4, -0.2) is 48.4 Å². The molecule has 4 rings (SSSR count). The summed E-state index contributed by atoms with van der Waals surface area (Å²) in [6.07, 6.45) is 8.70. The van der Waals surface area contributed by atoms with E-state index in [0.29, 0.717) is 5.78 Å². The second kappa shape index (κ2) is 10.0. The third kappa shape index (κ3) is 5.24. The predicted molar refractivity (Wildman–Crippen MR) is 118 cm³/mol. The lowest BCUT2D eigenvalue weighted by molar-refractivity contribution is -0.125. The topological polar surface area (TPSA) is 36.4 Å². The lowest BCUT2D eigenvalue weighted by atomic mass is 9.78. The molecule has 4 nitrogen and oxygen atoms in total. The summed E-state index contributed by atoms with van der Waals surface area (Å²) >= 11 is 0. The molecule has 4 heteroatoms. The fraction of sp³-hybridized carbons (Fsp3) is 0.520. The Labute approximate surface area is 174 Å². The number of carbonyl (C=O) groups excluding carboxylic acids is 1. The van der Waals surface area contributed by atoms with Gasteiger partial charge in [-0.1, -0.05) is 55.7 Å². The van der Waals surface area contributed by atoms with Gasteiger partial charge in [-0.25, -0.2) is 4.98 Å². The second-order valence-electron chi connectivity index (χ2n) is 8.51. The van der Waals surface area contributed by atoms with E-state index in [4.69, 9.17) is 0 Å². The van der Waals surface area contributed by atoms with Crippen molar-refractivity contribution in [2.24, 2.45) is 5.92 Å². The lowest BCUT2D eigenvalue weighted by Gasteiger charge is -2.36. The van der Waals surface area contributed by atoms with Crippen LogP contribution in [0.1, 0.15) is 50.0 Å². The van der Waals surface area contributed by atoms with E-state index < -0.39 is 0 Å². The number of pyridine rings is 1. The Kier molecular flexibility index (Phi) is 6.94. The lowest BCUT2D eigenvalue weighted by Crippen LogP contribution is -2.47. The SMILES string of the molecule is O=C(C1CCCCC1)C(CCN1CCN(c2ccccn2)CC1)c1ccccc1. The van der Waals surface area contributed by atoms with Gasteiger partial charge in [0.25, 0.3) is 0 Å². The summed E-state index contributed by atoms with van der Waals surface area (Å²) in [5, 5.41) is 0. The van der Waals surface area contributed by atoms with Gasteiger partial charge in [0.2, 0.25) is 0 Å². The van der Waals surface area contributed by atoms with E-state index in [1.165, 1.54) is 24.8 Å². The molecule has 1 atom stereocenters. The Morgan fingerprint density at radius 2 is 1.66 bits per heavy atom. The molecule has 1 aliphatic carbocycles. The number of ketones is 1. The average Bonchev–Trinajstić information content (AvgIpc) is 2.81. The smallest absolute Gasteiger partial charge is 0.143 e. The first-order valence-electron chi connectivity index (χ1n) is 11.3. The number of Topliss-reactive ketones (excluding diaryl/α,β-unsaturated/α-hetero) is 1. The maximum atomic E-state index is 13.4. The fourth-order valence-corrected chi connectivity index (χ4v) is 4.88. The second-order valence-corrected chi connectivity index (χ2v) is 8.51. The van der Waals surface area contributed by atoms with E-state index in [1.807, 2.05) is 18.3 Å². The fourth-order valence-electron chi connectivity index (χ4n) is 4.88. The molecule has 2 fully saturated rings. The van der Waals surface area contributed by atoms with Crippen molar-refractivity contribution in [3.63, 3.8) is 0 Å². The van der Waals surface area contributed by atoms with Crippen LogP contribution >= 0.6 is 0 Å². The van der Waals surface area contributed by atoms with Crippen molar-refractivity contribution in [3.8, 4) is 0 Å². The van der Waals surface area contributed by atoms with Crippen LogP contribution < -0.4 is 4.90 Å². The summed E-state index contributed by atoms with van der Waals surface area (Å²) in [6, 6.07) is 16.6. The maximum Gasteiger partial charge on any atom is 0.143 e. The molecule has 2 aromatic rings. The number of piperazine rings is 1. The molecule has 1 aliphatic heterocycles. The van der Waals surface area contributed by atoms with Gasteiger partial charge in [0, 0.05) is 44.2 Å². The molecule has 1 aromatic heterocycles. The van der Waals surface area contributed by atoms with Crippen LogP contribution in [0.5, 0.6) is 0 Å². The highest BCUT2D eigenvalue weighted by atomic mass is 16.1. The number of hydrogen-bond acceptors (Lipinski definition) is 4. The van der Waals surface area contributed by atoms with Crippen LogP contribution in [0.25, 0.3) is 0 Å². The van der Waals surface area contributed by atoms with E-state index in [9.17, 15) is 4.79 Å². The van der Waals surface area contributed by atoms with Gasteiger partial charge in [0.15, 0.2) is 0 Å². The molecule has 154 valence electrons. The zero-order valence-electron chi connectivity index (χ0n) is 17.4. The number of aromatic nitrogens is 1. The number of anilines is 1. The van der Waals surface area contributed by atoms with Gasteiger partial charge in [-0.15, -0.1) is 0 Å². The van der Waals surface area contributed by atoms with Gasteiger partial charge in [-0.05, 0) is 43.5 Å². The quantitative estimate of drug-likeness (QED) is 0.695. The van der Waals surface area contributed by atoms with Crippen LogP contribution in [0.2, 0.25) is 0 Å². The highest BCUT2D eigenvalue weighted by Gasteiger charge is 2.30. The van der Waals surface area contributed by atoms with Crippen LogP contribution in [0.15, 0.2) is 54.7 Å². The van der Waals surface area contributed by atoms with Gasteiger partial charge >= 0.3 is 0 Å². The van der Waals surface area contributed by atoms with Crippen LogP contribution in [0.3, 0.4) is 0 Å². The molecule has 0 amide bonds. The normalized spacial score (nSPS) is 19.8. The number of benzene rings is 1. The summed E-state index contributed by atoms with van der Waals surface area (Å²) in [5.74, 6) is 1.88. The van der Waals surface area contributed by atoms with Crippen molar-refractivity contribution < 1.29 is 4.79 Å². The minimum absolute atomic E-state index is 0.0492. The number of hydrogen-bond donors (Lipinski definition) is 0. The average molecular weight is 392 g/mol. The molecule has 0 N–H and O–H groups in total. The largest absolute Gasteiger partial charge is 0.354 e. The Morgan fingerprint density at radius 3 is 2.34 bits per heavy atom. The van der Waals surface area contributed by atoms with E-state index in [1.54, 1.807) is 0 Å². The van der Waals surface area contributed by atoms with E-state index in [-0.39, 0.29) is 11.8 Å². The Balaban J connectivity index is 1.35. The first-order chi connectivity index (χ1) is 14.3. The molecule has 29 heavy (non-hydrogen) atoms. The summed E-state index contributed by atoms with van der Waals surface area (Å²) in [6.45, 7) is 5.08. The first kappa shape index (κ1) is 20.1. The van der Waals surface area contributed by atoms with Gasteiger partial charge in [0.05, 0.1) is 0 Å². The Hall–Kier alpha value is -2.20. The minimum Gasteiger partial charge on any atom is -0.354 e. The molecule has 1 unspecified atom stereocenters. The van der Waals surface area contributed by atoms with Crippen molar-refractivity contribution in [2.45, 2.75) is 44.4 Å². The zero-order chi connectivity index (χ0) is 19.9. The monoisotopic (exact) mass is 391 g/mol. The van der Waals surface area contributed by atoms with Crippen LogP contribution in [0, 0.1) is 5.92 Å². The highest BCUT2D eigenvalue weighted by Crippen LogP contribution is 2.32. The summed E-state index contributed by atoms with van der Waals surface area (Å²) in [5.41, 5.74) is 1.20. The first-order valence-corrected chi connectivity index (χ1v) is 11.3. The van der Waals surface area contributed by atoms with Crippen molar-refractivity contribution in [1.82, 2.24) is 9.88 Å². The maximum absolute atomic E-state index is 13.4. The highest BCUT2D eigenvalue weighted by molar-refractivity contribution is 5.88. The van der Waals surface area contributed by atoms with Crippen LogP contribution in [0.4, 0.5) is 5.82 Å². The van der Waals surface area contributed by atoms with Gasteiger partial charge in [-0.2, -0.15) is 0 Å². The van der Waals surface area contributed by atoms with E-state index in [2.05, 4.69) is 51.2 Å². The van der Waals surface area contributed by atoms with Gasteiger partial charge in [0.1, 0.15) is 11.6 Å². The Morgan fingerprint density at radius 1 is 0.931 bits per heavy atom. The van der Waals surface area contributed by atoms with Crippen molar-refractivity contribution in [1.29, 1.82) is 0 Å². The molecule has 1 saturated carbocycles. The minimum atomic E-state index is 0.0492. The molecule has 1 aromatic carbocycles. The molecule has 2 aliphatic rings. The van der Waals surface area contributed by atoms with Gasteiger partial charge < -0.3 is 4.90 Å². The Bertz CT molecular complexity index is 750. The summed E-state index contributed by atoms with van der Waals surface area (Å²) in [7, 11) is 0. The summed E-state index contributed by atoms with van der Waals surface area (Å²) < 4.78 is 0. The molecule has 0 bridgehead atoms. The number of rotatable bonds is 7. The molecule has 0 radical (unpaired) electrons. The standard InChI is InChI=1S/C25H33N3O/c29-25(22-11-5-2-6-12-22)23(21-9-3-1-4-10-21)14-16-27-17-19-28(20-18-27)24-13-7-8-15-26-24/h1,3-4,7-10,13,15,22-23H,2,5-6,11-12,14,16-20H2. The van der Waals surface area contributed by atoms with Crippen molar-refractivity contribution >= 4 is 11.6 Å². The van der Waals surface area contributed by atoms with Crippen molar-refractivity contribution in [2.75, 3.05) is 37.6 Å². The van der Waals surface area contributed by atoms with Crippen molar-refractivity contribution in [3.05, 3.63) is 60.3 Å². The molecule has 0 spiro atoms. The molecule has 2 heterocycles. The molecule has 1 saturated heterocycles. The third-order valence-electron chi connectivity index (χ3n) is 6.63.